The van der Waals surface area contributed by atoms with Crippen LogP contribution in [0, 0.1) is 0 Å². The van der Waals surface area contributed by atoms with E-state index in [4.69, 9.17) is 0 Å². The van der Waals surface area contributed by atoms with Gasteiger partial charge in [0.15, 0.2) is 0 Å². The van der Waals surface area contributed by atoms with E-state index in [1.165, 1.54) is 4.35 Å². The first-order valence-corrected chi connectivity index (χ1v) is 2.54. The van der Waals surface area contributed by atoms with Gasteiger partial charge in [-0.05, 0) is 0 Å². The van der Waals surface area contributed by atoms with Crippen molar-refractivity contribution in [3.8, 4) is 0 Å². The average Bonchev–Trinajstić information content (AvgIpc) is 1.36. The Morgan fingerprint density at radius 2 is 1.67 bits per heavy atom. The summed E-state index contributed by atoms with van der Waals surface area (Å²) < 4.78 is 1.28. The third kappa shape index (κ3) is 2.64. The maximum atomic E-state index is 2.48. The van der Waals surface area contributed by atoms with Crippen molar-refractivity contribution in [2.24, 2.45) is 0 Å². The van der Waals surface area contributed by atoms with Gasteiger partial charge in [0.1, 0.15) is 0 Å². The van der Waals surface area contributed by atoms with Crippen LogP contribution in [0.15, 0.2) is 0 Å². The molecule has 0 amide bonds. The molecule has 0 atom stereocenters. The fourth-order valence-electron chi connectivity index (χ4n) is 0. The molecule has 1 nitrogen and oxygen atoms in total. The first-order chi connectivity index (χ1) is 2.64. The van der Waals surface area contributed by atoms with Gasteiger partial charge in [-0.25, -0.2) is 0 Å². The molecular formula is C4H9NV. The average molecular weight is 122 g/mol. The molecule has 0 bridgehead atoms. The standard InChI is InChI=1S/C4H9N.V/c1-4-5(2)3;/h1-3H3;. The Kier molecular flexibility index (Phi) is 2.74. The van der Waals surface area contributed by atoms with Crippen LogP contribution in [0.25, 0.3) is 0 Å². The van der Waals surface area contributed by atoms with Crippen molar-refractivity contribution >= 4 is 4.35 Å². The summed E-state index contributed by atoms with van der Waals surface area (Å²) in [6, 6.07) is 0. The van der Waals surface area contributed by atoms with Crippen molar-refractivity contribution in [2.45, 2.75) is 6.92 Å². The molecule has 0 aromatic heterocycles. The van der Waals surface area contributed by atoms with Crippen LogP contribution in [0.2, 0.25) is 0 Å². The summed E-state index contributed by atoms with van der Waals surface area (Å²) in [7, 11) is 4.04. The fraction of sp³-hybridized carbons (Fsp3) is 0.750. The van der Waals surface area contributed by atoms with Crippen molar-refractivity contribution in [1.29, 1.82) is 0 Å². The molecule has 0 unspecified atom stereocenters. The van der Waals surface area contributed by atoms with E-state index >= 15 is 0 Å². The van der Waals surface area contributed by atoms with E-state index in [1.54, 1.807) is 0 Å². The quantitative estimate of drug-likeness (QED) is 0.481. The minimum atomic E-state index is 1.28. The van der Waals surface area contributed by atoms with Crippen molar-refractivity contribution in [2.75, 3.05) is 14.1 Å². The number of nitrogens with zero attached hydrogens (tertiary/aromatic N) is 1. The van der Waals surface area contributed by atoms with Gasteiger partial charge in [-0.3, -0.25) is 0 Å². The van der Waals surface area contributed by atoms with Crippen molar-refractivity contribution < 1.29 is 17.0 Å². The zero-order valence-corrected chi connectivity index (χ0v) is 5.79. The zero-order chi connectivity index (χ0) is 5.15. The predicted molar refractivity (Wildman–Crippen MR) is 24.4 cm³/mol. The van der Waals surface area contributed by atoms with Crippen LogP contribution in [0.1, 0.15) is 6.92 Å². The van der Waals surface area contributed by atoms with Gasteiger partial charge < -0.3 is 0 Å². The molecule has 35 valence electrons. The normalized spacial score (nSPS) is 9.17. The third-order valence-corrected chi connectivity index (χ3v) is 1.27. The molecule has 0 aliphatic rings. The van der Waals surface area contributed by atoms with Crippen LogP contribution < -0.4 is 0 Å². The molecule has 0 aromatic rings. The second-order valence-electron chi connectivity index (χ2n) is 1.44. The van der Waals surface area contributed by atoms with Crippen LogP contribution in [0.4, 0.5) is 0 Å². The van der Waals surface area contributed by atoms with Gasteiger partial charge in [-0.1, -0.05) is 0 Å². The van der Waals surface area contributed by atoms with E-state index in [1.807, 2.05) is 14.1 Å². The van der Waals surface area contributed by atoms with Crippen molar-refractivity contribution in [3.63, 3.8) is 0 Å². The Morgan fingerprint density at radius 1 is 1.50 bits per heavy atom. The molecular weight excluding hydrogens is 113 g/mol. The Bertz CT molecular complexity index is 58.6. The zero-order valence-electron chi connectivity index (χ0n) is 4.39. The van der Waals surface area contributed by atoms with E-state index < -0.39 is 0 Å². The SMILES string of the molecule is C[C](=[V])N(C)C. The molecule has 0 saturated carbocycles. The van der Waals surface area contributed by atoms with Crippen LogP contribution >= 0.6 is 0 Å². The molecule has 0 aromatic carbocycles. The number of rotatable bonds is 1. The predicted octanol–water partition coefficient (Wildman–Crippen LogP) is 0.245. The van der Waals surface area contributed by atoms with Gasteiger partial charge in [-0.15, -0.1) is 0 Å². The van der Waals surface area contributed by atoms with E-state index in [2.05, 4.69) is 28.8 Å². The molecule has 6 heavy (non-hydrogen) atoms. The van der Waals surface area contributed by atoms with Gasteiger partial charge in [0.25, 0.3) is 0 Å². The van der Waals surface area contributed by atoms with E-state index in [-0.39, 0.29) is 0 Å². The van der Waals surface area contributed by atoms with Gasteiger partial charge in [0, 0.05) is 0 Å². The third-order valence-electron chi connectivity index (χ3n) is 0.647. The van der Waals surface area contributed by atoms with Crippen molar-refractivity contribution in [1.82, 2.24) is 4.90 Å². The van der Waals surface area contributed by atoms with Gasteiger partial charge >= 0.3 is 47.2 Å². The van der Waals surface area contributed by atoms with E-state index in [0.29, 0.717) is 0 Å². The topological polar surface area (TPSA) is 3.24 Å². The molecule has 0 aliphatic carbocycles. The van der Waals surface area contributed by atoms with Crippen LogP contribution in [-0.4, -0.2) is 23.3 Å². The first kappa shape index (κ1) is 6.41. The molecule has 0 spiro atoms. The van der Waals surface area contributed by atoms with Gasteiger partial charge in [0.2, 0.25) is 0 Å². The monoisotopic (exact) mass is 122 g/mol. The summed E-state index contributed by atoms with van der Waals surface area (Å²) in [6.07, 6.45) is 0. The van der Waals surface area contributed by atoms with Crippen LogP contribution in [0.5, 0.6) is 0 Å². The molecule has 0 radical (unpaired) electrons. The van der Waals surface area contributed by atoms with Crippen LogP contribution in [-0.2, 0) is 17.0 Å². The van der Waals surface area contributed by atoms with Crippen molar-refractivity contribution in [3.05, 3.63) is 0 Å². The minimum absolute atomic E-state index is 1.28. The summed E-state index contributed by atoms with van der Waals surface area (Å²) >= 11 is 2.48. The number of hydrogen-bond acceptors (Lipinski definition) is 1. The molecule has 0 rings (SSSR count). The molecule has 0 fully saturated rings. The Labute approximate surface area is 47.8 Å². The first-order valence-electron chi connectivity index (χ1n) is 1.84. The van der Waals surface area contributed by atoms with E-state index in [0.717, 1.165) is 0 Å². The summed E-state index contributed by atoms with van der Waals surface area (Å²) in [6.45, 7) is 2.06. The second kappa shape index (κ2) is 2.56. The van der Waals surface area contributed by atoms with E-state index in [9.17, 15) is 0 Å². The summed E-state index contributed by atoms with van der Waals surface area (Å²) in [5.41, 5.74) is 0. The van der Waals surface area contributed by atoms with Gasteiger partial charge in [-0.2, -0.15) is 0 Å². The second-order valence-corrected chi connectivity index (χ2v) is 2.45. The molecule has 0 aliphatic heterocycles. The summed E-state index contributed by atoms with van der Waals surface area (Å²) in [5.74, 6) is 0. The molecule has 0 heterocycles. The van der Waals surface area contributed by atoms with Crippen LogP contribution in [0.3, 0.4) is 0 Å². The Hall–Kier alpha value is 0.414. The molecule has 0 N–H and O–H groups in total. The summed E-state index contributed by atoms with van der Waals surface area (Å²) in [4.78, 5) is 2.06. The molecule has 2 heteroatoms. The molecule has 0 saturated heterocycles. The fourth-order valence-corrected chi connectivity index (χ4v) is 0. The van der Waals surface area contributed by atoms with Gasteiger partial charge in [0.05, 0.1) is 0 Å². The number of hydrogen-bond donors (Lipinski definition) is 0. The Balaban J connectivity index is 3.26. The maximum absolute atomic E-state index is 2.48. The Morgan fingerprint density at radius 3 is 1.67 bits per heavy atom. The summed E-state index contributed by atoms with van der Waals surface area (Å²) in [5, 5.41) is 0.